The Balaban J connectivity index is -0.000000143. The molecule has 4 heteroatoms. The Kier molecular flexibility index (Phi) is 11.3. The molecule has 0 aliphatic carbocycles. The molecule has 0 atom stereocenters. The van der Waals surface area contributed by atoms with Crippen molar-refractivity contribution >= 4 is 16.6 Å². The molecule has 1 N–H and O–H groups in total. The third-order valence-corrected chi connectivity index (χ3v) is 4.09. The van der Waals surface area contributed by atoms with Crippen LogP contribution >= 0.6 is 0 Å². The van der Waals surface area contributed by atoms with Crippen molar-refractivity contribution in [3.05, 3.63) is 0 Å². The largest absolute Gasteiger partial charge is 0.421 e. The summed E-state index contributed by atoms with van der Waals surface area (Å²) in [5.41, 5.74) is 0. The molecule has 84 valence electrons. The highest BCUT2D eigenvalue weighted by Gasteiger charge is 2.09. The van der Waals surface area contributed by atoms with Gasteiger partial charge in [0.2, 0.25) is 0 Å². The lowest BCUT2D eigenvalue weighted by molar-refractivity contribution is 0.411. The molecule has 0 bridgehead atoms. The van der Waals surface area contributed by atoms with Gasteiger partial charge in [-0.15, -0.1) is 0 Å². The zero-order chi connectivity index (χ0) is 10.4. The SMILES string of the molecule is C.CN[Si](C)(C)C.CO[Si](C)(C)C. The van der Waals surface area contributed by atoms with Crippen LogP contribution in [0.15, 0.2) is 0 Å². The van der Waals surface area contributed by atoms with E-state index in [-0.39, 0.29) is 7.43 Å². The zero-order valence-electron chi connectivity index (χ0n) is 9.91. The summed E-state index contributed by atoms with van der Waals surface area (Å²) in [6.07, 6.45) is 0. The molecule has 0 aromatic heterocycles. The molecule has 0 aromatic carbocycles. The molecule has 0 spiro atoms. The minimum absolute atomic E-state index is 0. The van der Waals surface area contributed by atoms with Crippen molar-refractivity contribution < 1.29 is 4.43 Å². The van der Waals surface area contributed by atoms with Gasteiger partial charge in [-0.3, -0.25) is 0 Å². The molecule has 0 aliphatic rings. The minimum atomic E-state index is -1.13. The summed E-state index contributed by atoms with van der Waals surface area (Å²) >= 11 is 0. The number of hydrogen-bond donors (Lipinski definition) is 1. The molecular weight excluding hydrogens is 194 g/mol. The van der Waals surface area contributed by atoms with Gasteiger partial charge < -0.3 is 9.41 Å². The van der Waals surface area contributed by atoms with Crippen LogP contribution in [0.3, 0.4) is 0 Å². The first-order valence-electron chi connectivity index (χ1n) is 4.36. The monoisotopic (exact) mass is 223 g/mol. The van der Waals surface area contributed by atoms with E-state index in [2.05, 4.69) is 44.3 Å². The van der Waals surface area contributed by atoms with Crippen LogP contribution in [0, 0.1) is 0 Å². The fourth-order valence-corrected chi connectivity index (χ4v) is 0. The van der Waals surface area contributed by atoms with Crippen LogP contribution in [0.2, 0.25) is 39.3 Å². The second-order valence-electron chi connectivity index (χ2n) is 4.82. The van der Waals surface area contributed by atoms with Crippen LogP contribution < -0.4 is 4.98 Å². The molecule has 2 nitrogen and oxygen atoms in total. The molecule has 0 heterocycles. The Bertz CT molecular complexity index is 91.2. The molecule has 0 aromatic rings. The third kappa shape index (κ3) is 32.8. The lowest BCUT2D eigenvalue weighted by Crippen LogP contribution is -2.37. The van der Waals surface area contributed by atoms with E-state index in [0.29, 0.717) is 0 Å². The van der Waals surface area contributed by atoms with Gasteiger partial charge >= 0.3 is 0 Å². The van der Waals surface area contributed by atoms with Crippen molar-refractivity contribution in [2.24, 2.45) is 0 Å². The second-order valence-corrected chi connectivity index (χ2v) is 14.4. The normalized spacial score (nSPS) is 11.1. The summed E-state index contributed by atoms with van der Waals surface area (Å²) in [6, 6.07) is 0. The van der Waals surface area contributed by atoms with Crippen molar-refractivity contribution in [2.75, 3.05) is 14.2 Å². The van der Waals surface area contributed by atoms with Crippen molar-refractivity contribution in [3.8, 4) is 0 Å². The maximum atomic E-state index is 5.08. The van der Waals surface area contributed by atoms with E-state index in [1.807, 2.05) is 7.05 Å². The molecule has 0 unspecified atom stereocenters. The number of nitrogens with one attached hydrogen (secondary N) is 1. The highest BCUT2D eigenvalue weighted by atomic mass is 28.4. The molecule has 13 heavy (non-hydrogen) atoms. The van der Waals surface area contributed by atoms with Gasteiger partial charge in [-0.2, -0.15) is 0 Å². The first kappa shape index (κ1) is 19.0. The quantitative estimate of drug-likeness (QED) is 0.726. The van der Waals surface area contributed by atoms with Crippen LogP contribution in [0.5, 0.6) is 0 Å². The lowest BCUT2D eigenvalue weighted by Gasteiger charge is -2.11. The lowest BCUT2D eigenvalue weighted by atomic mass is 11.6. The standard InChI is InChI=1S/C4H13NSi.C4H12OSi.CH4/c2*1-5-6(2,3)4;/h5H,1-4H3;1-4H3;1H4. The maximum Gasteiger partial charge on any atom is 0.183 e. The van der Waals surface area contributed by atoms with E-state index in [4.69, 9.17) is 4.43 Å². The Labute approximate surface area is 87.3 Å². The summed E-state index contributed by atoms with van der Waals surface area (Å²) in [6.45, 7) is 13.3. The summed E-state index contributed by atoms with van der Waals surface area (Å²) in [4.78, 5) is 3.24. The number of hydrogen-bond acceptors (Lipinski definition) is 2. The van der Waals surface area contributed by atoms with Gasteiger partial charge in [0.1, 0.15) is 8.24 Å². The zero-order valence-corrected chi connectivity index (χ0v) is 11.9. The molecule has 0 radical (unpaired) electrons. The van der Waals surface area contributed by atoms with E-state index in [9.17, 15) is 0 Å². The predicted molar refractivity (Wildman–Crippen MR) is 69.5 cm³/mol. The molecule has 0 saturated heterocycles. The average molecular weight is 224 g/mol. The summed E-state index contributed by atoms with van der Waals surface area (Å²) in [7, 11) is 1.78. The van der Waals surface area contributed by atoms with Crippen LogP contribution in [0.25, 0.3) is 0 Å². The maximum absolute atomic E-state index is 5.08. The summed E-state index contributed by atoms with van der Waals surface area (Å²) in [5.74, 6) is 0. The van der Waals surface area contributed by atoms with Crippen molar-refractivity contribution in [3.63, 3.8) is 0 Å². The van der Waals surface area contributed by atoms with Crippen molar-refractivity contribution in [1.82, 2.24) is 4.98 Å². The summed E-state index contributed by atoms with van der Waals surface area (Å²) in [5, 5.41) is 0. The molecular formula is C9H29NOSi2. The highest BCUT2D eigenvalue weighted by Crippen LogP contribution is 1.97. The topological polar surface area (TPSA) is 21.3 Å². The van der Waals surface area contributed by atoms with Crippen molar-refractivity contribution in [1.29, 1.82) is 0 Å². The molecule has 0 fully saturated rings. The van der Waals surface area contributed by atoms with E-state index in [0.717, 1.165) is 0 Å². The van der Waals surface area contributed by atoms with E-state index in [1.54, 1.807) is 7.11 Å². The first-order valence-corrected chi connectivity index (χ1v) is 11.3. The third-order valence-electron chi connectivity index (χ3n) is 1.36. The number of rotatable bonds is 2. The van der Waals surface area contributed by atoms with E-state index in [1.165, 1.54) is 0 Å². The fraction of sp³-hybridized carbons (Fsp3) is 1.00. The van der Waals surface area contributed by atoms with Gasteiger partial charge in [0.25, 0.3) is 0 Å². The molecule has 0 aliphatic heterocycles. The summed E-state index contributed by atoms with van der Waals surface area (Å²) < 4.78 is 5.08. The van der Waals surface area contributed by atoms with Crippen molar-refractivity contribution in [2.45, 2.75) is 46.7 Å². The molecule has 0 saturated carbocycles. The molecule has 0 rings (SSSR count). The molecule has 0 amide bonds. The Hall–Kier alpha value is 0.354. The van der Waals surface area contributed by atoms with Crippen LogP contribution in [0.4, 0.5) is 0 Å². The van der Waals surface area contributed by atoms with Gasteiger partial charge in [0, 0.05) is 7.11 Å². The van der Waals surface area contributed by atoms with Gasteiger partial charge in [-0.1, -0.05) is 27.1 Å². The smallest absolute Gasteiger partial charge is 0.183 e. The fourth-order valence-electron chi connectivity index (χ4n) is 0. The second kappa shape index (κ2) is 7.73. The van der Waals surface area contributed by atoms with Gasteiger partial charge in [0.05, 0.1) is 0 Å². The first-order chi connectivity index (χ1) is 5.12. The Morgan fingerprint density at radius 1 is 0.923 bits per heavy atom. The van der Waals surface area contributed by atoms with E-state index < -0.39 is 16.6 Å². The Morgan fingerprint density at radius 2 is 1.08 bits per heavy atom. The predicted octanol–water partition coefficient (Wildman–Crippen LogP) is 3.14. The Morgan fingerprint density at radius 3 is 1.08 bits per heavy atom. The van der Waals surface area contributed by atoms with Crippen LogP contribution in [-0.4, -0.2) is 30.7 Å². The van der Waals surface area contributed by atoms with Crippen LogP contribution in [-0.2, 0) is 4.43 Å². The average Bonchev–Trinajstić information content (AvgIpc) is 1.86. The van der Waals surface area contributed by atoms with Gasteiger partial charge in [-0.05, 0) is 26.7 Å². The van der Waals surface area contributed by atoms with Gasteiger partial charge in [-0.25, -0.2) is 0 Å². The highest BCUT2D eigenvalue weighted by molar-refractivity contribution is 6.73. The minimum Gasteiger partial charge on any atom is -0.421 e. The van der Waals surface area contributed by atoms with Gasteiger partial charge in [0.15, 0.2) is 8.32 Å². The van der Waals surface area contributed by atoms with E-state index >= 15 is 0 Å². The van der Waals surface area contributed by atoms with Crippen LogP contribution in [0.1, 0.15) is 7.43 Å².